The molecule has 0 aliphatic carbocycles. The molecule has 0 aromatic heterocycles. The summed E-state index contributed by atoms with van der Waals surface area (Å²) in [6.45, 7) is 1.37. The van der Waals surface area contributed by atoms with Gasteiger partial charge in [0.2, 0.25) is 10.0 Å². The minimum Gasteiger partial charge on any atom is -0.480 e. The first-order valence-corrected chi connectivity index (χ1v) is 6.57. The van der Waals surface area contributed by atoms with E-state index in [2.05, 4.69) is 0 Å². The quantitative estimate of drug-likeness (QED) is 0.856. The molecule has 0 aliphatic heterocycles. The number of sulfonamides is 1. The van der Waals surface area contributed by atoms with E-state index in [1.165, 1.54) is 6.92 Å². The predicted octanol–water partition coefficient (Wildman–Crippen LogP) is 1.25. The number of aliphatic carboxylic acids is 1. The van der Waals surface area contributed by atoms with Crippen LogP contribution in [-0.4, -0.2) is 25.5 Å². The highest BCUT2D eigenvalue weighted by atomic mass is 32.2. The van der Waals surface area contributed by atoms with Crippen LogP contribution in [0.3, 0.4) is 0 Å². The van der Waals surface area contributed by atoms with Crippen LogP contribution in [0, 0.1) is 17.5 Å². The second-order valence-electron chi connectivity index (χ2n) is 3.62. The number of carboxylic acid groups (broad SMARTS) is 1. The molecule has 0 saturated carbocycles. The Morgan fingerprint density at radius 3 is 2.16 bits per heavy atom. The summed E-state index contributed by atoms with van der Waals surface area (Å²) in [5.41, 5.74) is 0. The van der Waals surface area contributed by atoms with Crippen molar-refractivity contribution in [2.24, 2.45) is 0 Å². The number of rotatable bonds is 5. The average molecular weight is 297 g/mol. The highest BCUT2D eigenvalue weighted by Crippen LogP contribution is 2.20. The van der Waals surface area contributed by atoms with Crippen LogP contribution in [-0.2, 0) is 14.8 Å². The van der Waals surface area contributed by atoms with Crippen molar-refractivity contribution in [2.45, 2.75) is 24.3 Å². The van der Waals surface area contributed by atoms with E-state index in [9.17, 15) is 26.4 Å². The molecule has 0 radical (unpaired) electrons. The molecule has 0 bridgehead atoms. The smallest absolute Gasteiger partial charge is 0.321 e. The van der Waals surface area contributed by atoms with Gasteiger partial charge in [-0.05, 0) is 6.42 Å². The van der Waals surface area contributed by atoms with E-state index in [4.69, 9.17) is 5.11 Å². The molecule has 5 nitrogen and oxygen atoms in total. The molecule has 9 heteroatoms. The maximum Gasteiger partial charge on any atom is 0.321 e. The van der Waals surface area contributed by atoms with Gasteiger partial charge in [0.1, 0.15) is 23.5 Å². The first-order valence-electron chi connectivity index (χ1n) is 5.08. The largest absolute Gasteiger partial charge is 0.480 e. The summed E-state index contributed by atoms with van der Waals surface area (Å²) in [5.74, 6) is -6.04. The molecular weight excluding hydrogens is 287 g/mol. The van der Waals surface area contributed by atoms with Gasteiger partial charge in [-0.25, -0.2) is 21.6 Å². The zero-order valence-electron chi connectivity index (χ0n) is 9.65. The third kappa shape index (κ3) is 3.44. The molecule has 0 unspecified atom stereocenters. The fourth-order valence-electron chi connectivity index (χ4n) is 1.34. The van der Waals surface area contributed by atoms with Gasteiger partial charge in [0.05, 0.1) is 0 Å². The molecule has 1 rings (SSSR count). The summed E-state index contributed by atoms with van der Waals surface area (Å²) in [4.78, 5) is 9.28. The number of carbonyl (C=O) groups is 1. The number of hydrogen-bond donors (Lipinski definition) is 2. The normalized spacial score (nSPS) is 13.3. The van der Waals surface area contributed by atoms with Crippen LogP contribution in [0.2, 0.25) is 0 Å². The van der Waals surface area contributed by atoms with Crippen molar-refractivity contribution in [3.63, 3.8) is 0 Å². The first-order chi connectivity index (χ1) is 8.69. The van der Waals surface area contributed by atoms with Gasteiger partial charge >= 0.3 is 5.97 Å². The summed E-state index contributed by atoms with van der Waals surface area (Å²) >= 11 is 0. The molecule has 1 aromatic carbocycles. The molecular formula is C10H10F3NO4S. The van der Waals surface area contributed by atoms with Crippen molar-refractivity contribution in [3.8, 4) is 0 Å². The standard InChI is InChI=1S/C10H10F3NO4S/c1-2-8(10(15)16)14-19(17,18)9-6(12)3-5(11)4-7(9)13/h3-4,8,14H,2H2,1H3,(H,15,16)/t8-/m1/s1. The number of carboxylic acids is 1. The van der Waals surface area contributed by atoms with Gasteiger partial charge in [-0.1, -0.05) is 6.92 Å². The Balaban J connectivity index is 3.25. The Kier molecular flexibility index (Phi) is 4.53. The lowest BCUT2D eigenvalue weighted by molar-refractivity contribution is -0.139. The van der Waals surface area contributed by atoms with Gasteiger partial charge in [0.25, 0.3) is 0 Å². The molecule has 1 aromatic rings. The molecule has 19 heavy (non-hydrogen) atoms. The molecule has 0 saturated heterocycles. The molecule has 0 fully saturated rings. The van der Waals surface area contributed by atoms with E-state index in [1.54, 1.807) is 4.72 Å². The Labute approximate surface area is 107 Å². The number of halogens is 3. The van der Waals surface area contributed by atoms with E-state index >= 15 is 0 Å². The minimum absolute atomic E-state index is 0.126. The molecule has 1 atom stereocenters. The number of benzene rings is 1. The van der Waals surface area contributed by atoms with Crippen LogP contribution in [0.15, 0.2) is 17.0 Å². The molecule has 0 heterocycles. The van der Waals surface area contributed by atoms with Gasteiger partial charge in [0, 0.05) is 12.1 Å². The van der Waals surface area contributed by atoms with E-state index in [0.29, 0.717) is 0 Å². The number of nitrogens with one attached hydrogen (secondary N) is 1. The maximum atomic E-state index is 13.3. The highest BCUT2D eigenvalue weighted by Gasteiger charge is 2.29. The van der Waals surface area contributed by atoms with Crippen molar-refractivity contribution < 1.29 is 31.5 Å². The van der Waals surface area contributed by atoms with Crippen LogP contribution in [0.25, 0.3) is 0 Å². The summed E-state index contributed by atoms with van der Waals surface area (Å²) in [5, 5.41) is 8.69. The van der Waals surface area contributed by atoms with Crippen molar-refractivity contribution in [1.82, 2.24) is 4.72 Å². The molecule has 0 spiro atoms. The topological polar surface area (TPSA) is 83.5 Å². The van der Waals surface area contributed by atoms with Crippen LogP contribution >= 0.6 is 0 Å². The van der Waals surface area contributed by atoms with E-state index in [-0.39, 0.29) is 18.6 Å². The summed E-state index contributed by atoms with van der Waals surface area (Å²) < 4.78 is 64.3. The predicted molar refractivity (Wildman–Crippen MR) is 58.4 cm³/mol. The van der Waals surface area contributed by atoms with Crippen molar-refractivity contribution >= 4 is 16.0 Å². The Hall–Kier alpha value is -1.61. The first kappa shape index (κ1) is 15.4. The van der Waals surface area contributed by atoms with Crippen LogP contribution < -0.4 is 4.72 Å². The van der Waals surface area contributed by atoms with E-state index < -0.39 is 44.4 Å². The van der Waals surface area contributed by atoms with Crippen LogP contribution in [0.1, 0.15) is 13.3 Å². The molecule has 0 aliphatic rings. The lowest BCUT2D eigenvalue weighted by atomic mass is 10.2. The Morgan fingerprint density at radius 2 is 1.79 bits per heavy atom. The summed E-state index contributed by atoms with van der Waals surface area (Å²) in [6, 6.07) is -1.15. The minimum atomic E-state index is -4.74. The fraction of sp³-hybridized carbons (Fsp3) is 0.300. The summed E-state index contributed by atoms with van der Waals surface area (Å²) in [6.07, 6.45) is -0.126. The zero-order chi connectivity index (χ0) is 14.8. The van der Waals surface area contributed by atoms with Crippen molar-refractivity contribution in [3.05, 3.63) is 29.6 Å². The molecule has 2 N–H and O–H groups in total. The highest BCUT2D eigenvalue weighted by molar-refractivity contribution is 7.89. The third-order valence-electron chi connectivity index (χ3n) is 2.24. The SMILES string of the molecule is CC[C@@H](NS(=O)(=O)c1c(F)cc(F)cc1F)C(=O)O. The average Bonchev–Trinajstić information content (AvgIpc) is 2.23. The summed E-state index contributed by atoms with van der Waals surface area (Å²) in [7, 11) is -4.74. The van der Waals surface area contributed by atoms with Gasteiger partial charge in [-0.3, -0.25) is 4.79 Å². The molecule has 0 amide bonds. The van der Waals surface area contributed by atoms with E-state index in [1.807, 2.05) is 0 Å². The fourth-order valence-corrected chi connectivity index (χ4v) is 2.73. The monoisotopic (exact) mass is 297 g/mol. The maximum absolute atomic E-state index is 13.3. The Bertz CT molecular complexity index is 580. The van der Waals surface area contributed by atoms with Crippen LogP contribution in [0.4, 0.5) is 13.2 Å². The van der Waals surface area contributed by atoms with Crippen molar-refractivity contribution in [2.75, 3.05) is 0 Å². The number of hydrogen-bond acceptors (Lipinski definition) is 3. The Morgan fingerprint density at radius 1 is 1.32 bits per heavy atom. The van der Waals surface area contributed by atoms with Gasteiger partial charge in [0.15, 0.2) is 4.90 Å². The van der Waals surface area contributed by atoms with Crippen molar-refractivity contribution in [1.29, 1.82) is 0 Å². The van der Waals surface area contributed by atoms with E-state index in [0.717, 1.165) is 0 Å². The molecule has 106 valence electrons. The van der Waals surface area contributed by atoms with Gasteiger partial charge < -0.3 is 5.11 Å². The lowest BCUT2D eigenvalue weighted by Crippen LogP contribution is -2.40. The second kappa shape index (κ2) is 5.57. The second-order valence-corrected chi connectivity index (χ2v) is 5.27. The zero-order valence-corrected chi connectivity index (χ0v) is 10.5. The van der Waals surface area contributed by atoms with Crippen LogP contribution in [0.5, 0.6) is 0 Å². The van der Waals surface area contributed by atoms with Gasteiger partial charge in [-0.2, -0.15) is 4.72 Å². The lowest BCUT2D eigenvalue weighted by Gasteiger charge is -2.13. The third-order valence-corrected chi connectivity index (χ3v) is 3.76. The van der Waals surface area contributed by atoms with Gasteiger partial charge in [-0.15, -0.1) is 0 Å².